The van der Waals surface area contributed by atoms with Crippen LogP contribution in [0.5, 0.6) is 0 Å². The first-order valence-corrected chi connectivity index (χ1v) is 6.25. The van der Waals surface area contributed by atoms with Crippen molar-refractivity contribution in [3.63, 3.8) is 0 Å². The molecule has 88 valence electrons. The number of rotatable bonds is 1. The maximum atomic E-state index is 13.2. The van der Waals surface area contributed by atoms with Crippen molar-refractivity contribution < 1.29 is 8.78 Å². The fourth-order valence-electron chi connectivity index (χ4n) is 1.70. The number of hydrogen-bond donors (Lipinski definition) is 0. The summed E-state index contributed by atoms with van der Waals surface area (Å²) in [6.45, 7) is 0.287. The van der Waals surface area contributed by atoms with Gasteiger partial charge < -0.3 is 4.90 Å². The van der Waals surface area contributed by atoms with Crippen molar-refractivity contribution in [1.29, 1.82) is 0 Å². The molecule has 2 heterocycles. The van der Waals surface area contributed by atoms with E-state index in [-0.39, 0.29) is 18.1 Å². The molecule has 0 bridgehead atoms. The number of alkyl halides is 2. The van der Waals surface area contributed by atoms with Gasteiger partial charge in [-0.3, -0.25) is 0 Å². The predicted octanol–water partition coefficient (Wildman–Crippen LogP) is 2.97. The molecule has 1 saturated heterocycles. The Balaban J connectivity index is 2.23. The van der Waals surface area contributed by atoms with Crippen LogP contribution in [0.4, 0.5) is 14.6 Å². The van der Waals surface area contributed by atoms with Gasteiger partial charge in [-0.2, -0.15) is 0 Å². The van der Waals surface area contributed by atoms with E-state index in [0.717, 1.165) is 0 Å². The van der Waals surface area contributed by atoms with Crippen LogP contribution in [-0.4, -0.2) is 29.0 Å². The van der Waals surface area contributed by atoms with Gasteiger partial charge in [-0.15, -0.1) is 0 Å². The molecule has 1 aliphatic heterocycles. The third kappa shape index (κ3) is 2.91. The van der Waals surface area contributed by atoms with Crippen LogP contribution in [0.15, 0.2) is 6.07 Å². The minimum absolute atomic E-state index is 0.0561. The summed E-state index contributed by atoms with van der Waals surface area (Å²) < 4.78 is 26.9. The van der Waals surface area contributed by atoms with E-state index in [1.807, 2.05) is 22.6 Å². The molecule has 7 heteroatoms. The summed E-state index contributed by atoms with van der Waals surface area (Å²) in [5.74, 6) is -2.16. The lowest BCUT2D eigenvalue weighted by molar-refractivity contribution is -0.0118. The van der Waals surface area contributed by atoms with Gasteiger partial charge in [-0.1, -0.05) is 11.6 Å². The Bertz CT molecular complexity index is 382. The number of hydrogen-bond acceptors (Lipinski definition) is 3. The number of anilines is 1. The standard InChI is InChI=1S/C9H9ClF2IN3/c10-6-4-7(15-8(13)14-6)16-3-1-2-9(11,12)5-16/h4H,1-3,5H2. The second-order valence-electron chi connectivity index (χ2n) is 3.70. The Hall–Kier alpha value is -0.240. The maximum absolute atomic E-state index is 13.2. The SMILES string of the molecule is FC1(F)CCCN(c2cc(Cl)nc(I)n2)C1. The van der Waals surface area contributed by atoms with E-state index in [4.69, 9.17) is 11.6 Å². The highest BCUT2D eigenvalue weighted by Gasteiger charge is 2.35. The summed E-state index contributed by atoms with van der Waals surface area (Å²) in [6.07, 6.45) is 0.407. The lowest BCUT2D eigenvalue weighted by Gasteiger charge is -2.33. The van der Waals surface area contributed by atoms with Crippen LogP contribution in [-0.2, 0) is 0 Å². The first kappa shape index (κ1) is 12.2. The predicted molar refractivity (Wildman–Crippen MR) is 66.2 cm³/mol. The number of nitrogens with zero attached hydrogens (tertiary/aromatic N) is 3. The van der Waals surface area contributed by atoms with Gasteiger partial charge in [-0.25, -0.2) is 18.7 Å². The molecule has 0 aromatic carbocycles. The first-order chi connectivity index (χ1) is 7.46. The molecule has 1 fully saturated rings. The molecule has 3 nitrogen and oxygen atoms in total. The molecule has 1 aromatic rings. The van der Waals surface area contributed by atoms with Crippen molar-refractivity contribution in [2.45, 2.75) is 18.8 Å². The van der Waals surface area contributed by atoms with E-state index in [1.165, 1.54) is 6.07 Å². The van der Waals surface area contributed by atoms with E-state index >= 15 is 0 Å². The zero-order valence-electron chi connectivity index (χ0n) is 8.26. The van der Waals surface area contributed by atoms with E-state index in [1.54, 1.807) is 4.90 Å². The van der Waals surface area contributed by atoms with Crippen molar-refractivity contribution in [3.8, 4) is 0 Å². The summed E-state index contributed by atoms with van der Waals surface area (Å²) in [6, 6.07) is 1.52. The summed E-state index contributed by atoms with van der Waals surface area (Å²) in [5.41, 5.74) is 0. The Morgan fingerprint density at radius 1 is 1.44 bits per heavy atom. The van der Waals surface area contributed by atoms with Gasteiger partial charge in [-0.05, 0) is 6.42 Å². The van der Waals surface area contributed by atoms with Gasteiger partial charge >= 0.3 is 0 Å². The van der Waals surface area contributed by atoms with Crippen LogP contribution in [0.2, 0.25) is 5.15 Å². The minimum atomic E-state index is -2.64. The largest absolute Gasteiger partial charge is 0.350 e. The lowest BCUT2D eigenvalue weighted by Crippen LogP contribution is -2.43. The first-order valence-electron chi connectivity index (χ1n) is 4.79. The molecule has 1 aromatic heterocycles. The summed E-state index contributed by atoms with van der Waals surface area (Å²) >= 11 is 7.69. The number of aromatic nitrogens is 2. The topological polar surface area (TPSA) is 29.0 Å². The summed E-state index contributed by atoms with van der Waals surface area (Å²) in [7, 11) is 0. The van der Waals surface area contributed by atoms with Gasteiger partial charge in [0.05, 0.1) is 6.54 Å². The fraction of sp³-hybridized carbons (Fsp3) is 0.556. The van der Waals surface area contributed by atoms with Crippen molar-refractivity contribution in [2.24, 2.45) is 0 Å². The Morgan fingerprint density at radius 2 is 2.19 bits per heavy atom. The highest BCUT2D eigenvalue weighted by Crippen LogP contribution is 2.29. The average Bonchev–Trinajstić information content (AvgIpc) is 2.14. The molecule has 0 atom stereocenters. The van der Waals surface area contributed by atoms with Crippen molar-refractivity contribution >= 4 is 40.0 Å². The van der Waals surface area contributed by atoms with E-state index in [0.29, 0.717) is 22.6 Å². The van der Waals surface area contributed by atoms with Crippen molar-refractivity contribution in [2.75, 3.05) is 18.0 Å². The lowest BCUT2D eigenvalue weighted by atomic mass is 10.1. The second kappa shape index (κ2) is 4.56. The van der Waals surface area contributed by atoms with Crippen molar-refractivity contribution in [3.05, 3.63) is 15.1 Å². The third-order valence-electron chi connectivity index (χ3n) is 2.37. The molecule has 0 N–H and O–H groups in total. The minimum Gasteiger partial charge on any atom is -0.350 e. The van der Waals surface area contributed by atoms with Crippen LogP contribution >= 0.6 is 34.2 Å². The third-order valence-corrected chi connectivity index (χ3v) is 3.05. The van der Waals surface area contributed by atoms with Gasteiger partial charge in [0.1, 0.15) is 11.0 Å². The Labute approximate surface area is 110 Å². The van der Waals surface area contributed by atoms with E-state index < -0.39 is 5.92 Å². The van der Waals surface area contributed by atoms with Crippen LogP contribution in [0.1, 0.15) is 12.8 Å². The molecule has 0 spiro atoms. The summed E-state index contributed by atoms with van der Waals surface area (Å²) in [5, 5.41) is 0.281. The van der Waals surface area contributed by atoms with Crippen LogP contribution in [0.25, 0.3) is 0 Å². The molecule has 0 amide bonds. The molecular weight excluding hydrogens is 350 g/mol. The average molecular weight is 360 g/mol. The second-order valence-corrected chi connectivity index (χ2v) is 5.05. The molecule has 0 unspecified atom stereocenters. The zero-order chi connectivity index (χ0) is 11.8. The molecule has 16 heavy (non-hydrogen) atoms. The van der Waals surface area contributed by atoms with Gasteiger partial charge in [0.25, 0.3) is 5.92 Å². The number of piperidine rings is 1. The molecule has 2 rings (SSSR count). The molecule has 1 aliphatic rings. The fourth-order valence-corrected chi connectivity index (χ4v) is 2.53. The molecule has 0 aliphatic carbocycles. The van der Waals surface area contributed by atoms with E-state index in [9.17, 15) is 8.78 Å². The normalized spacial score (nSPS) is 19.9. The zero-order valence-corrected chi connectivity index (χ0v) is 11.2. The van der Waals surface area contributed by atoms with E-state index in [2.05, 4.69) is 9.97 Å². The highest BCUT2D eigenvalue weighted by molar-refractivity contribution is 14.1. The van der Waals surface area contributed by atoms with Gasteiger partial charge in [0.15, 0.2) is 3.83 Å². The monoisotopic (exact) mass is 359 g/mol. The Morgan fingerprint density at radius 3 is 2.81 bits per heavy atom. The molecule has 0 saturated carbocycles. The molecule has 0 radical (unpaired) electrons. The van der Waals surface area contributed by atoms with Crippen LogP contribution in [0.3, 0.4) is 0 Å². The summed E-state index contributed by atoms with van der Waals surface area (Å²) in [4.78, 5) is 9.55. The van der Waals surface area contributed by atoms with Crippen LogP contribution < -0.4 is 4.90 Å². The van der Waals surface area contributed by atoms with Crippen LogP contribution in [0, 0.1) is 3.83 Å². The Kier molecular flexibility index (Phi) is 3.48. The number of halogens is 4. The van der Waals surface area contributed by atoms with Gasteiger partial charge in [0.2, 0.25) is 0 Å². The smallest absolute Gasteiger partial charge is 0.265 e. The van der Waals surface area contributed by atoms with Crippen molar-refractivity contribution in [1.82, 2.24) is 9.97 Å². The highest BCUT2D eigenvalue weighted by atomic mass is 127. The molecular formula is C9H9ClF2IN3. The maximum Gasteiger partial charge on any atom is 0.265 e. The van der Waals surface area contributed by atoms with Gasteiger partial charge in [0, 0.05) is 41.6 Å². The quantitative estimate of drug-likeness (QED) is 0.438.